The summed E-state index contributed by atoms with van der Waals surface area (Å²) in [6, 6.07) is 8.22. The second kappa shape index (κ2) is 10.8. The number of nitrogens with zero attached hydrogens (tertiary/aromatic N) is 1. The molecule has 0 unspecified atom stereocenters. The average molecular weight is 439 g/mol. The van der Waals surface area contributed by atoms with Crippen LogP contribution in [0, 0.1) is 0 Å². The van der Waals surface area contributed by atoms with Gasteiger partial charge in [-0.25, -0.2) is 13.4 Å². The Balaban J connectivity index is 0.00000441. The Morgan fingerprint density at radius 1 is 1.14 bits per heavy atom. The van der Waals surface area contributed by atoms with Crippen LogP contribution in [-0.4, -0.2) is 39.5 Å². The highest BCUT2D eigenvalue weighted by molar-refractivity contribution is 14.0. The molecule has 7 heteroatoms. The first-order valence-electron chi connectivity index (χ1n) is 7.23. The lowest BCUT2D eigenvalue weighted by Gasteiger charge is -2.11. The Morgan fingerprint density at radius 3 is 2.32 bits per heavy atom. The number of hydrogen-bond acceptors (Lipinski definition) is 3. The van der Waals surface area contributed by atoms with Crippen LogP contribution in [0.1, 0.15) is 25.0 Å². The maximum atomic E-state index is 11.1. The van der Waals surface area contributed by atoms with Gasteiger partial charge in [0.2, 0.25) is 0 Å². The minimum absolute atomic E-state index is 0. The predicted molar refractivity (Wildman–Crippen MR) is 104 cm³/mol. The monoisotopic (exact) mass is 439 g/mol. The van der Waals surface area contributed by atoms with Gasteiger partial charge >= 0.3 is 0 Å². The molecular formula is C15H26IN3O2S. The summed E-state index contributed by atoms with van der Waals surface area (Å²) in [5, 5.41) is 6.17. The highest BCUT2D eigenvalue weighted by Crippen LogP contribution is 2.10. The number of guanidine groups is 1. The molecule has 1 aromatic rings. The highest BCUT2D eigenvalue weighted by Gasteiger charge is 2.04. The van der Waals surface area contributed by atoms with Gasteiger partial charge in [0, 0.05) is 19.3 Å². The summed E-state index contributed by atoms with van der Waals surface area (Å²) in [5.74, 6) is 0.746. The van der Waals surface area contributed by atoms with Crippen LogP contribution in [0.5, 0.6) is 0 Å². The van der Waals surface area contributed by atoms with Crippen LogP contribution in [0.15, 0.2) is 29.3 Å². The average Bonchev–Trinajstić information content (AvgIpc) is 2.43. The van der Waals surface area contributed by atoms with Crippen LogP contribution in [0.3, 0.4) is 0 Å². The number of aliphatic imine (C=N–C) groups is 1. The lowest BCUT2D eigenvalue weighted by molar-refractivity contribution is 0.600. The Morgan fingerprint density at radius 2 is 1.77 bits per heavy atom. The van der Waals surface area contributed by atoms with Crippen molar-refractivity contribution in [2.24, 2.45) is 4.99 Å². The summed E-state index contributed by atoms with van der Waals surface area (Å²) in [7, 11) is -2.96. The largest absolute Gasteiger partial charge is 0.357 e. The normalized spacial score (nSPS) is 11.7. The first kappa shape index (κ1) is 21.2. The molecule has 1 aromatic carbocycles. The van der Waals surface area contributed by atoms with E-state index in [-0.39, 0.29) is 29.7 Å². The molecule has 0 atom stereocenters. The summed E-state index contributed by atoms with van der Waals surface area (Å²) in [5.41, 5.74) is 2.48. The molecule has 0 aliphatic heterocycles. The van der Waals surface area contributed by atoms with Gasteiger partial charge in [-0.1, -0.05) is 31.2 Å². The number of halogens is 1. The number of nitrogens with one attached hydrogen (secondary N) is 2. The molecule has 0 spiro atoms. The minimum atomic E-state index is -2.96. The van der Waals surface area contributed by atoms with Gasteiger partial charge in [0.25, 0.3) is 0 Å². The lowest BCUT2D eigenvalue weighted by atomic mass is 10.1. The predicted octanol–water partition coefficient (Wildman–Crippen LogP) is 1.97. The van der Waals surface area contributed by atoms with E-state index in [4.69, 9.17) is 0 Å². The van der Waals surface area contributed by atoms with Gasteiger partial charge in [-0.2, -0.15) is 0 Å². The summed E-state index contributed by atoms with van der Waals surface area (Å²) >= 11 is 0. The van der Waals surface area contributed by atoms with Crippen molar-refractivity contribution in [1.82, 2.24) is 10.6 Å². The lowest BCUT2D eigenvalue weighted by Crippen LogP contribution is -2.39. The first-order valence-corrected chi connectivity index (χ1v) is 9.29. The highest BCUT2D eigenvalue weighted by atomic mass is 127. The maximum Gasteiger partial charge on any atom is 0.191 e. The fraction of sp³-hybridized carbons (Fsp3) is 0.533. The van der Waals surface area contributed by atoms with Crippen LogP contribution < -0.4 is 10.6 Å². The fourth-order valence-corrected chi connectivity index (χ4v) is 2.39. The van der Waals surface area contributed by atoms with Crippen LogP contribution in [0.25, 0.3) is 0 Å². The minimum Gasteiger partial charge on any atom is -0.357 e. The third-order valence-corrected chi connectivity index (χ3v) is 3.96. The zero-order valence-corrected chi connectivity index (χ0v) is 16.6. The van der Waals surface area contributed by atoms with Gasteiger partial charge in [-0.05, 0) is 24.5 Å². The topological polar surface area (TPSA) is 70.6 Å². The van der Waals surface area contributed by atoms with E-state index in [0.29, 0.717) is 19.0 Å². The Kier molecular flexibility index (Phi) is 10.4. The van der Waals surface area contributed by atoms with Gasteiger partial charge in [-0.15, -0.1) is 24.0 Å². The quantitative estimate of drug-likeness (QED) is 0.387. The number of rotatable bonds is 7. The number of benzene rings is 1. The molecule has 0 saturated heterocycles. The van der Waals surface area contributed by atoms with Crippen LogP contribution >= 0.6 is 24.0 Å². The van der Waals surface area contributed by atoms with Crippen LogP contribution in [0.2, 0.25) is 0 Å². The van der Waals surface area contributed by atoms with E-state index in [0.717, 1.165) is 13.0 Å². The van der Waals surface area contributed by atoms with Gasteiger partial charge < -0.3 is 10.6 Å². The summed E-state index contributed by atoms with van der Waals surface area (Å²) in [6.45, 7) is 5.78. The molecule has 0 aliphatic rings. The van der Waals surface area contributed by atoms with Crippen molar-refractivity contribution in [3.05, 3.63) is 35.4 Å². The standard InChI is InChI=1S/C15H25N3O2S.HI/c1-4-13-8-6-7-9-14(13)12-18-15(16-5-2)17-10-11-21(3,19)20;/h6-9H,4-5,10-12H2,1-3H3,(H2,16,17,18);1H. The van der Waals surface area contributed by atoms with Gasteiger partial charge in [0.1, 0.15) is 9.84 Å². The smallest absolute Gasteiger partial charge is 0.191 e. The molecule has 0 aliphatic carbocycles. The van der Waals surface area contributed by atoms with E-state index < -0.39 is 9.84 Å². The zero-order valence-electron chi connectivity index (χ0n) is 13.4. The molecule has 0 radical (unpaired) electrons. The Hall–Kier alpha value is -0.830. The van der Waals surface area contributed by atoms with E-state index in [1.165, 1.54) is 17.4 Å². The number of hydrogen-bond donors (Lipinski definition) is 2. The molecule has 0 fully saturated rings. The molecule has 0 saturated carbocycles. The van der Waals surface area contributed by atoms with Gasteiger partial charge in [-0.3, -0.25) is 0 Å². The van der Waals surface area contributed by atoms with Crippen molar-refractivity contribution >= 4 is 39.8 Å². The summed E-state index contributed by atoms with van der Waals surface area (Å²) < 4.78 is 22.3. The van der Waals surface area contributed by atoms with Gasteiger partial charge in [0.15, 0.2) is 5.96 Å². The molecule has 0 bridgehead atoms. The molecule has 2 N–H and O–H groups in total. The van der Waals surface area contributed by atoms with E-state index in [2.05, 4.69) is 34.7 Å². The van der Waals surface area contributed by atoms with Crippen molar-refractivity contribution in [2.75, 3.05) is 25.1 Å². The van der Waals surface area contributed by atoms with Crippen LogP contribution in [-0.2, 0) is 22.8 Å². The van der Waals surface area contributed by atoms with Crippen molar-refractivity contribution in [3.8, 4) is 0 Å². The van der Waals surface area contributed by atoms with E-state index in [1.807, 2.05) is 19.1 Å². The summed E-state index contributed by atoms with van der Waals surface area (Å²) in [6.07, 6.45) is 2.21. The second-order valence-electron chi connectivity index (χ2n) is 4.87. The fourth-order valence-electron chi connectivity index (χ4n) is 1.92. The molecule has 126 valence electrons. The molecule has 5 nitrogen and oxygen atoms in total. The molecule has 0 amide bonds. The van der Waals surface area contributed by atoms with Crippen molar-refractivity contribution in [1.29, 1.82) is 0 Å². The molecular weight excluding hydrogens is 413 g/mol. The third kappa shape index (κ3) is 8.57. The van der Waals surface area contributed by atoms with Gasteiger partial charge in [0.05, 0.1) is 12.3 Å². The number of sulfone groups is 1. The summed E-state index contributed by atoms with van der Waals surface area (Å²) in [4.78, 5) is 4.51. The second-order valence-corrected chi connectivity index (χ2v) is 7.13. The van der Waals surface area contributed by atoms with Crippen LogP contribution in [0.4, 0.5) is 0 Å². The molecule has 0 aromatic heterocycles. The first-order chi connectivity index (χ1) is 9.96. The van der Waals surface area contributed by atoms with Crippen molar-refractivity contribution in [2.45, 2.75) is 26.8 Å². The molecule has 0 heterocycles. The number of aryl methyl sites for hydroxylation is 1. The molecule has 1 rings (SSSR count). The van der Waals surface area contributed by atoms with E-state index in [1.54, 1.807) is 0 Å². The van der Waals surface area contributed by atoms with Crippen molar-refractivity contribution < 1.29 is 8.42 Å². The van der Waals surface area contributed by atoms with E-state index >= 15 is 0 Å². The molecule has 22 heavy (non-hydrogen) atoms. The zero-order chi connectivity index (χ0) is 15.7. The SMILES string of the molecule is CCNC(=NCc1ccccc1CC)NCCS(C)(=O)=O.I. The Labute approximate surface area is 150 Å². The maximum absolute atomic E-state index is 11.1. The van der Waals surface area contributed by atoms with Crippen molar-refractivity contribution in [3.63, 3.8) is 0 Å². The Bertz CT molecular complexity index is 574. The third-order valence-electron chi connectivity index (χ3n) is 3.02. The van der Waals surface area contributed by atoms with E-state index in [9.17, 15) is 8.42 Å².